The summed E-state index contributed by atoms with van der Waals surface area (Å²) in [4.78, 5) is 12.2. The third-order valence-corrected chi connectivity index (χ3v) is 5.99. The Labute approximate surface area is 132 Å². The summed E-state index contributed by atoms with van der Waals surface area (Å²) in [5.74, 6) is -0.0172. The van der Waals surface area contributed by atoms with E-state index in [0.29, 0.717) is 25.7 Å². The van der Waals surface area contributed by atoms with Gasteiger partial charge in [0, 0.05) is 17.6 Å². The van der Waals surface area contributed by atoms with Crippen LogP contribution >= 0.6 is 0 Å². The number of para-hydroxylation sites is 1. The zero-order chi connectivity index (χ0) is 16.2. The number of benzene rings is 1. The van der Waals surface area contributed by atoms with E-state index in [1.54, 1.807) is 13.8 Å². The van der Waals surface area contributed by atoms with Gasteiger partial charge >= 0.3 is 0 Å². The zero-order valence-corrected chi connectivity index (χ0v) is 13.9. The van der Waals surface area contributed by atoms with Crippen molar-refractivity contribution in [3.05, 3.63) is 30.3 Å². The second-order valence-corrected chi connectivity index (χ2v) is 8.38. The maximum Gasteiger partial charge on any atom is 0.227 e. The fourth-order valence-corrected chi connectivity index (χ4v) is 3.58. The van der Waals surface area contributed by atoms with Gasteiger partial charge < -0.3 is 5.32 Å². The third-order valence-electron chi connectivity index (χ3n) is 4.09. The molecule has 22 heavy (non-hydrogen) atoms. The van der Waals surface area contributed by atoms with Crippen LogP contribution in [0.1, 0.15) is 39.5 Å². The number of hydrogen-bond acceptors (Lipinski definition) is 3. The highest BCUT2D eigenvalue weighted by molar-refractivity contribution is 7.90. The van der Waals surface area contributed by atoms with Crippen LogP contribution in [0.2, 0.25) is 0 Å². The van der Waals surface area contributed by atoms with Crippen molar-refractivity contribution in [1.82, 2.24) is 4.72 Å². The standard InChI is InChI=1S/C16H24N2O3S/c1-12(2)22(20,21)18-15-10-8-13(9-11-15)16(19)17-14-6-4-3-5-7-14/h3-7,12-13,15,18H,8-11H2,1-2H3,(H,17,19). The molecule has 1 aromatic carbocycles. The van der Waals surface area contributed by atoms with Gasteiger partial charge in [-0.15, -0.1) is 0 Å². The van der Waals surface area contributed by atoms with Crippen molar-refractivity contribution in [2.45, 2.75) is 50.8 Å². The summed E-state index contributed by atoms with van der Waals surface area (Å²) in [5, 5.41) is 2.49. The van der Waals surface area contributed by atoms with Crippen molar-refractivity contribution in [1.29, 1.82) is 0 Å². The lowest BCUT2D eigenvalue weighted by Gasteiger charge is -2.28. The Kier molecular flexibility index (Phi) is 5.58. The molecule has 0 heterocycles. The monoisotopic (exact) mass is 324 g/mol. The van der Waals surface area contributed by atoms with Gasteiger partial charge in [-0.2, -0.15) is 0 Å². The molecule has 0 spiro atoms. The van der Waals surface area contributed by atoms with Gasteiger partial charge in [0.1, 0.15) is 0 Å². The summed E-state index contributed by atoms with van der Waals surface area (Å²) in [6.07, 6.45) is 2.84. The number of carbonyl (C=O) groups excluding carboxylic acids is 1. The molecule has 0 unspecified atom stereocenters. The van der Waals surface area contributed by atoms with E-state index in [9.17, 15) is 13.2 Å². The van der Waals surface area contributed by atoms with Crippen LogP contribution in [-0.4, -0.2) is 25.6 Å². The third kappa shape index (κ3) is 4.55. The smallest absolute Gasteiger partial charge is 0.227 e. The minimum absolute atomic E-state index is 0.0244. The normalized spacial score (nSPS) is 22.5. The maximum absolute atomic E-state index is 12.2. The SMILES string of the molecule is CC(C)S(=O)(=O)NC1CCC(C(=O)Nc2ccccc2)CC1. The molecule has 0 radical (unpaired) electrons. The fourth-order valence-electron chi connectivity index (χ4n) is 2.61. The van der Waals surface area contributed by atoms with Crippen molar-refractivity contribution in [2.75, 3.05) is 5.32 Å². The Balaban J connectivity index is 1.83. The van der Waals surface area contributed by atoms with E-state index in [0.717, 1.165) is 5.69 Å². The van der Waals surface area contributed by atoms with Crippen LogP contribution in [-0.2, 0) is 14.8 Å². The largest absolute Gasteiger partial charge is 0.326 e. The second kappa shape index (κ2) is 7.24. The second-order valence-electron chi connectivity index (χ2n) is 6.12. The molecule has 0 bridgehead atoms. The molecule has 1 aliphatic rings. The fraction of sp³-hybridized carbons (Fsp3) is 0.562. The van der Waals surface area contributed by atoms with E-state index in [2.05, 4.69) is 10.0 Å². The molecule has 122 valence electrons. The summed E-state index contributed by atoms with van der Waals surface area (Å²) in [7, 11) is -3.23. The molecule has 0 atom stereocenters. The Morgan fingerprint density at radius 2 is 1.68 bits per heavy atom. The van der Waals surface area contributed by atoms with E-state index >= 15 is 0 Å². The van der Waals surface area contributed by atoms with E-state index < -0.39 is 15.3 Å². The molecule has 1 aliphatic carbocycles. The van der Waals surface area contributed by atoms with E-state index in [1.165, 1.54) is 0 Å². The summed E-state index contributed by atoms with van der Waals surface area (Å²) in [5.41, 5.74) is 0.801. The highest BCUT2D eigenvalue weighted by Gasteiger charge is 2.29. The topological polar surface area (TPSA) is 75.3 Å². The Morgan fingerprint density at radius 1 is 1.09 bits per heavy atom. The maximum atomic E-state index is 12.2. The summed E-state index contributed by atoms with van der Waals surface area (Å²) in [6, 6.07) is 9.34. The first-order valence-electron chi connectivity index (χ1n) is 7.75. The van der Waals surface area contributed by atoms with Crippen LogP contribution in [0.15, 0.2) is 30.3 Å². The van der Waals surface area contributed by atoms with Gasteiger partial charge in [0.25, 0.3) is 0 Å². The first-order valence-corrected chi connectivity index (χ1v) is 9.30. The number of rotatable bonds is 5. The molecule has 0 aromatic heterocycles. The molecule has 1 amide bonds. The number of carbonyl (C=O) groups is 1. The molecule has 5 nitrogen and oxygen atoms in total. The molecule has 1 aromatic rings. The van der Waals surface area contributed by atoms with Gasteiger partial charge in [0.2, 0.25) is 15.9 Å². The molecular formula is C16H24N2O3S. The Hall–Kier alpha value is -1.40. The van der Waals surface area contributed by atoms with Crippen LogP contribution in [0, 0.1) is 5.92 Å². The molecule has 1 fully saturated rings. The lowest BCUT2D eigenvalue weighted by molar-refractivity contribution is -0.120. The molecule has 0 saturated heterocycles. The van der Waals surface area contributed by atoms with Gasteiger partial charge in [-0.3, -0.25) is 4.79 Å². The summed E-state index contributed by atoms with van der Waals surface area (Å²) < 4.78 is 26.5. The van der Waals surface area contributed by atoms with Crippen LogP contribution in [0.25, 0.3) is 0 Å². The zero-order valence-electron chi connectivity index (χ0n) is 13.1. The van der Waals surface area contributed by atoms with E-state index in [1.807, 2.05) is 30.3 Å². The average molecular weight is 324 g/mol. The van der Waals surface area contributed by atoms with Crippen LogP contribution in [0.4, 0.5) is 5.69 Å². The predicted octanol–water partition coefficient (Wildman–Crippen LogP) is 2.51. The van der Waals surface area contributed by atoms with Crippen LogP contribution in [0.3, 0.4) is 0 Å². The first-order chi connectivity index (χ1) is 10.4. The van der Waals surface area contributed by atoms with Crippen LogP contribution < -0.4 is 10.0 Å². The van der Waals surface area contributed by atoms with E-state index in [4.69, 9.17) is 0 Å². The summed E-state index contributed by atoms with van der Waals surface area (Å²) in [6.45, 7) is 3.34. The van der Waals surface area contributed by atoms with Gasteiger partial charge in [-0.25, -0.2) is 13.1 Å². The van der Waals surface area contributed by atoms with Crippen molar-refractivity contribution in [3.8, 4) is 0 Å². The lowest BCUT2D eigenvalue weighted by atomic mass is 9.86. The minimum Gasteiger partial charge on any atom is -0.326 e. The summed E-state index contributed by atoms with van der Waals surface area (Å²) >= 11 is 0. The molecule has 6 heteroatoms. The van der Waals surface area contributed by atoms with Gasteiger partial charge in [0.05, 0.1) is 5.25 Å². The van der Waals surface area contributed by atoms with Crippen molar-refractivity contribution in [3.63, 3.8) is 0 Å². The highest BCUT2D eigenvalue weighted by Crippen LogP contribution is 2.26. The van der Waals surface area contributed by atoms with Crippen molar-refractivity contribution < 1.29 is 13.2 Å². The predicted molar refractivity (Wildman–Crippen MR) is 88.0 cm³/mol. The number of sulfonamides is 1. The van der Waals surface area contributed by atoms with Gasteiger partial charge in [-0.05, 0) is 51.7 Å². The molecule has 1 saturated carbocycles. The number of amides is 1. The van der Waals surface area contributed by atoms with E-state index in [-0.39, 0.29) is 17.9 Å². The van der Waals surface area contributed by atoms with Gasteiger partial charge in [0.15, 0.2) is 0 Å². The molecule has 2 rings (SSSR count). The Morgan fingerprint density at radius 3 is 2.23 bits per heavy atom. The number of anilines is 1. The first kappa shape index (κ1) is 17.0. The quantitative estimate of drug-likeness (QED) is 0.874. The molecule has 2 N–H and O–H groups in total. The molecular weight excluding hydrogens is 300 g/mol. The minimum atomic E-state index is -3.23. The van der Waals surface area contributed by atoms with Crippen LogP contribution in [0.5, 0.6) is 0 Å². The average Bonchev–Trinajstić information content (AvgIpc) is 2.48. The molecule has 0 aliphatic heterocycles. The lowest BCUT2D eigenvalue weighted by Crippen LogP contribution is -2.42. The number of hydrogen-bond donors (Lipinski definition) is 2. The van der Waals surface area contributed by atoms with Crippen molar-refractivity contribution in [2.24, 2.45) is 5.92 Å². The number of nitrogens with one attached hydrogen (secondary N) is 2. The Bertz CT molecular complexity index is 591. The highest BCUT2D eigenvalue weighted by atomic mass is 32.2. The van der Waals surface area contributed by atoms with Gasteiger partial charge in [-0.1, -0.05) is 18.2 Å². The van der Waals surface area contributed by atoms with Crippen molar-refractivity contribution >= 4 is 21.6 Å².